The Hall–Kier alpha value is -3.23. The van der Waals surface area contributed by atoms with E-state index in [-0.39, 0.29) is 18.0 Å². The van der Waals surface area contributed by atoms with Crippen molar-refractivity contribution < 1.29 is 14.3 Å². The Balaban J connectivity index is 1.61. The Morgan fingerprint density at radius 2 is 2.11 bits per heavy atom. The predicted octanol–water partition coefficient (Wildman–Crippen LogP) is 1.07. The molecular weight excluding hydrogens is 348 g/mol. The minimum atomic E-state index is -0.437. The molecule has 1 aliphatic heterocycles. The summed E-state index contributed by atoms with van der Waals surface area (Å²) in [6.07, 6.45) is 5.20. The van der Waals surface area contributed by atoms with Gasteiger partial charge in [-0.2, -0.15) is 0 Å². The summed E-state index contributed by atoms with van der Waals surface area (Å²) in [5, 5.41) is 2.67. The molecule has 1 saturated heterocycles. The van der Waals surface area contributed by atoms with E-state index in [1.165, 1.54) is 6.92 Å². The molecule has 2 aliphatic rings. The van der Waals surface area contributed by atoms with E-state index in [9.17, 15) is 9.59 Å². The number of hydrogen-bond acceptors (Lipinski definition) is 7. The Morgan fingerprint density at radius 3 is 2.93 bits per heavy atom. The number of aromatic nitrogens is 3. The number of anilines is 2. The Morgan fingerprint density at radius 1 is 1.30 bits per heavy atom. The number of hydrogen-bond donors (Lipinski definition) is 2. The molecule has 0 spiro atoms. The summed E-state index contributed by atoms with van der Waals surface area (Å²) in [4.78, 5) is 37.9. The van der Waals surface area contributed by atoms with Gasteiger partial charge in [0.2, 0.25) is 11.9 Å². The molecule has 140 valence electrons. The number of aryl methyl sites for hydroxylation is 2. The summed E-state index contributed by atoms with van der Waals surface area (Å²) in [7, 11) is 0. The predicted molar refractivity (Wildman–Crippen MR) is 98.0 cm³/mol. The first-order valence-electron chi connectivity index (χ1n) is 8.84. The van der Waals surface area contributed by atoms with Crippen LogP contribution >= 0.6 is 0 Å². The molecule has 4 rings (SSSR count). The van der Waals surface area contributed by atoms with E-state index in [0.29, 0.717) is 18.8 Å². The van der Waals surface area contributed by atoms with Crippen molar-refractivity contribution in [3.8, 4) is 11.4 Å². The van der Waals surface area contributed by atoms with Gasteiger partial charge in [-0.1, -0.05) is 0 Å². The van der Waals surface area contributed by atoms with Crippen LogP contribution in [0.25, 0.3) is 11.4 Å². The molecule has 0 radical (unpaired) electrons. The second-order valence-corrected chi connectivity index (χ2v) is 6.71. The molecule has 1 fully saturated rings. The van der Waals surface area contributed by atoms with Gasteiger partial charge in [-0.25, -0.2) is 14.8 Å². The number of nitrogens with two attached hydrogens (primary N) is 1. The number of nitrogens with one attached hydrogen (secondary N) is 1. The minimum absolute atomic E-state index is 0.156. The van der Waals surface area contributed by atoms with E-state index < -0.39 is 6.09 Å². The molecule has 9 nitrogen and oxygen atoms in total. The second-order valence-electron chi connectivity index (χ2n) is 6.71. The van der Waals surface area contributed by atoms with Gasteiger partial charge in [0.25, 0.3) is 0 Å². The molecule has 3 heterocycles. The van der Waals surface area contributed by atoms with Crippen LogP contribution in [0.4, 0.5) is 16.4 Å². The van der Waals surface area contributed by atoms with Crippen LogP contribution in [-0.4, -0.2) is 46.1 Å². The largest absolute Gasteiger partial charge is 0.442 e. The maximum Gasteiger partial charge on any atom is 0.414 e. The van der Waals surface area contributed by atoms with Gasteiger partial charge in [0.15, 0.2) is 0 Å². The molecule has 2 aromatic rings. The van der Waals surface area contributed by atoms with Gasteiger partial charge in [0, 0.05) is 13.1 Å². The number of fused-ring (bicyclic) bond motifs is 3. The van der Waals surface area contributed by atoms with Gasteiger partial charge in [0.1, 0.15) is 6.10 Å². The van der Waals surface area contributed by atoms with Crippen molar-refractivity contribution in [3.63, 3.8) is 0 Å². The lowest BCUT2D eigenvalue weighted by molar-refractivity contribution is -0.119. The average molecular weight is 368 g/mol. The highest BCUT2D eigenvalue weighted by Gasteiger charge is 2.33. The van der Waals surface area contributed by atoms with Crippen LogP contribution in [0, 0.1) is 0 Å². The lowest BCUT2D eigenvalue weighted by Gasteiger charge is -2.15. The lowest BCUT2D eigenvalue weighted by Crippen LogP contribution is -2.33. The first-order chi connectivity index (χ1) is 13.0. The molecule has 0 unspecified atom stereocenters. The lowest BCUT2D eigenvalue weighted by atomic mass is 10.1. The highest BCUT2D eigenvalue weighted by Crippen LogP contribution is 2.32. The molecule has 27 heavy (non-hydrogen) atoms. The summed E-state index contributed by atoms with van der Waals surface area (Å²) in [6, 6.07) is 1.96. The van der Waals surface area contributed by atoms with Gasteiger partial charge in [-0.15, -0.1) is 0 Å². The number of carbonyl (C=O) groups is 2. The first-order valence-corrected chi connectivity index (χ1v) is 8.84. The Kier molecular flexibility index (Phi) is 4.35. The van der Waals surface area contributed by atoms with Crippen molar-refractivity contribution in [1.29, 1.82) is 0 Å². The van der Waals surface area contributed by atoms with Crippen molar-refractivity contribution in [2.75, 3.05) is 23.7 Å². The third-order valence-corrected chi connectivity index (χ3v) is 4.72. The number of nitrogens with zero attached hydrogens (tertiary/aromatic N) is 4. The van der Waals surface area contributed by atoms with Gasteiger partial charge in [0.05, 0.1) is 36.4 Å². The topological polar surface area (TPSA) is 123 Å². The zero-order valence-electron chi connectivity index (χ0n) is 14.9. The fourth-order valence-corrected chi connectivity index (χ4v) is 3.42. The molecule has 0 saturated carbocycles. The third-order valence-electron chi connectivity index (χ3n) is 4.72. The Bertz CT molecular complexity index is 916. The second kappa shape index (κ2) is 6.82. The number of cyclic esters (lactones) is 1. The molecule has 2 aromatic heterocycles. The fourth-order valence-electron chi connectivity index (χ4n) is 3.42. The summed E-state index contributed by atoms with van der Waals surface area (Å²) >= 11 is 0. The van der Waals surface area contributed by atoms with Crippen molar-refractivity contribution in [2.24, 2.45) is 0 Å². The quantitative estimate of drug-likeness (QED) is 0.830. The van der Waals surface area contributed by atoms with Gasteiger partial charge >= 0.3 is 6.09 Å². The summed E-state index contributed by atoms with van der Waals surface area (Å²) in [6.45, 7) is 2.09. The van der Waals surface area contributed by atoms with E-state index in [4.69, 9.17) is 10.5 Å². The molecular formula is C18H20N6O3. The smallest absolute Gasteiger partial charge is 0.414 e. The number of amides is 2. The van der Waals surface area contributed by atoms with Gasteiger partial charge in [-0.3, -0.25) is 14.7 Å². The zero-order chi connectivity index (χ0) is 19.0. The monoisotopic (exact) mass is 368 g/mol. The summed E-state index contributed by atoms with van der Waals surface area (Å²) in [5.74, 6) is 0.0625. The van der Waals surface area contributed by atoms with E-state index >= 15 is 0 Å². The summed E-state index contributed by atoms with van der Waals surface area (Å²) in [5.41, 5.74) is 10.0. The zero-order valence-corrected chi connectivity index (χ0v) is 14.9. The van der Waals surface area contributed by atoms with Crippen LogP contribution in [0.5, 0.6) is 0 Å². The SMILES string of the molecule is CC(=O)NC[C@H]1CN(c2cnc3c(c2)CCCc2cnc(N)nc2-3)C(=O)O1. The van der Waals surface area contributed by atoms with E-state index in [0.717, 1.165) is 41.8 Å². The molecule has 9 heteroatoms. The normalized spacial score (nSPS) is 18.3. The van der Waals surface area contributed by atoms with E-state index in [2.05, 4.69) is 20.3 Å². The summed E-state index contributed by atoms with van der Waals surface area (Å²) < 4.78 is 5.33. The molecule has 0 bridgehead atoms. The number of rotatable bonds is 3. The highest BCUT2D eigenvalue weighted by molar-refractivity contribution is 5.90. The number of nitrogen functional groups attached to an aromatic ring is 1. The number of pyridine rings is 1. The fraction of sp³-hybridized carbons (Fsp3) is 0.389. The molecule has 2 amide bonds. The van der Waals surface area contributed by atoms with Crippen LogP contribution in [0.15, 0.2) is 18.5 Å². The van der Waals surface area contributed by atoms with E-state index in [1.54, 1.807) is 17.3 Å². The maximum absolute atomic E-state index is 12.2. The van der Waals surface area contributed by atoms with Crippen molar-refractivity contribution in [1.82, 2.24) is 20.3 Å². The molecule has 1 atom stereocenters. The van der Waals surface area contributed by atoms with Crippen LogP contribution in [0.1, 0.15) is 24.5 Å². The van der Waals surface area contributed by atoms with Crippen LogP contribution in [-0.2, 0) is 22.4 Å². The Labute approximate surface area is 156 Å². The van der Waals surface area contributed by atoms with Crippen LogP contribution < -0.4 is 16.0 Å². The van der Waals surface area contributed by atoms with E-state index in [1.807, 2.05) is 6.07 Å². The van der Waals surface area contributed by atoms with Crippen molar-refractivity contribution in [2.45, 2.75) is 32.3 Å². The van der Waals surface area contributed by atoms with Gasteiger partial charge < -0.3 is 15.8 Å². The maximum atomic E-state index is 12.2. The first kappa shape index (κ1) is 17.2. The van der Waals surface area contributed by atoms with Crippen LogP contribution in [0.3, 0.4) is 0 Å². The molecule has 0 aromatic carbocycles. The van der Waals surface area contributed by atoms with Gasteiger partial charge in [-0.05, 0) is 36.5 Å². The number of carbonyl (C=O) groups excluding carboxylic acids is 2. The third kappa shape index (κ3) is 3.40. The number of ether oxygens (including phenoxy) is 1. The standard InChI is InChI=1S/C18H20N6O3/c1-10(25)20-8-14-9-24(18(26)27-14)13-5-11-3-2-4-12-6-22-17(19)23-16(12)15(11)21-7-13/h5-7,14H,2-4,8-9H2,1H3,(H,20,25)(H2,19,22,23)/t14-/m0/s1. The molecule has 1 aliphatic carbocycles. The minimum Gasteiger partial charge on any atom is -0.442 e. The van der Waals surface area contributed by atoms with Crippen LogP contribution in [0.2, 0.25) is 0 Å². The van der Waals surface area contributed by atoms with Crippen molar-refractivity contribution in [3.05, 3.63) is 29.6 Å². The van der Waals surface area contributed by atoms with Crippen molar-refractivity contribution >= 4 is 23.6 Å². The highest BCUT2D eigenvalue weighted by atomic mass is 16.6. The average Bonchev–Trinajstić information content (AvgIpc) is 2.92. The molecule has 3 N–H and O–H groups in total.